The molecule has 58 heavy (non-hydrogen) atoms. The Balaban J connectivity index is 1.19. The van der Waals surface area contributed by atoms with Crippen LogP contribution in [0.4, 0.5) is 0 Å². The lowest BCUT2D eigenvalue weighted by molar-refractivity contribution is 0.828. The Kier molecular flexibility index (Phi) is 7.24. The summed E-state index contributed by atoms with van der Waals surface area (Å²) >= 11 is 0. The van der Waals surface area contributed by atoms with Gasteiger partial charge < -0.3 is 9.55 Å². The van der Waals surface area contributed by atoms with Gasteiger partial charge in [0.1, 0.15) is 0 Å². The zero-order valence-corrected chi connectivity index (χ0v) is 32.1. The van der Waals surface area contributed by atoms with Gasteiger partial charge in [-0.2, -0.15) is 0 Å². The summed E-state index contributed by atoms with van der Waals surface area (Å²) in [5.74, 6) is 0. The Morgan fingerprint density at radius 2 is 0.966 bits per heavy atom. The van der Waals surface area contributed by atoms with Gasteiger partial charge in [-0.15, -0.1) is 0 Å². The van der Waals surface area contributed by atoms with E-state index in [1.807, 2.05) is 0 Å². The van der Waals surface area contributed by atoms with Crippen LogP contribution in [0.2, 0.25) is 0 Å². The number of H-pyrrole nitrogens is 1. The van der Waals surface area contributed by atoms with Crippen LogP contribution in [-0.2, 0) is 6.54 Å². The molecule has 0 atom stereocenters. The van der Waals surface area contributed by atoms with E-state index in [1.54, 1.807) is 0 Å². The Morgan fingerprint density at radius 3 is 1.74 bits per heavy atom. The molecule has 2 heterocycles. The highest BCUT2D eigenvalue weighted by Crippen LogP contribution is 2.46. The SMILES string of the molecule is CCn1c2ccccc2c2cccc(-c3cccc4c(-c5ccc6ccc(-c7ccccc7)cc6c5)c5cccc(-c6cccc7c6[nH]c6ccccc67)c5cc34)c21. The summed E-state index contributed by atoms with van der Waals surface area (Å²) in [4.78, 5) is 3.81. The number of nitrogens with zero attached hydrogens (tertiary/aromatic N) is 1. The van der Waals surface area contributed by atoms with Gasteiger partial charge >= 0.3 is 0 Å². The molecule has 0 unspecified atom stereocenters. The number of rotatable bonds is 5. The summed E-state index contributed by atoms with van der Waals surface area (Å²) < 4.78 is 2.50. The average molecular weight is 739 g/mol. The van der Waals surface area contributed by atoms with E-state index in [9.17, 15) is 0 Å². The quantitative estimate of drug-likeness (QED) is 0.170. The normalized spacial score (nSPS) is 11.9. The van der Waals surface area contributed by atoms with Gasteiger partial charge in [0.25, 0.3) is 0 Å². The van der Waals surface area contributed by atoms with Gasteiger partial charge in [-0.1, -0.05) is 164 Å². The number of aromatic amines is 1. The standard InChI is InChI=1S/C56H38N2/c1-2-58-53-27-9-7-17-43(53)49-25-13-24-48(56(49)58)41-19-11-21-45-51(41)34-50-40(46-22-12-23-47-42-16-6-8-26-52(42)57-55(46)47)18-10-20-44(50)54(45)38-31-29-36-28-30-37(32-39(36)33-38)35-14-4-3-5-15-35/h3-34,57H,2H2,1H3. The third-order valence-electron chi connectivity index (χ3n) is 12.5. The van der Waals surface area contributed by atoms with Crippen molar-refractivity contribution in [3.05, 3.63) is 194 Å². The zero-order valence-electron chi connectivity index (χ0n) is 32.1. The van der Waals surface area contributed by atoms with Gasteiger partial charge in [0.2, 0.25) is 0 Å². The van der Waals surface area contributed by atoms with Crippen LogP contribution in [0.25, 0.3) is 120 Å². The Labute approximate surface area is 336 Å². The first-order chi connectivity index (χ1) is 28.7. The lowest BCUT2D eigenvalue weighted by Gasteiger charge is -2.19. The Bertz CT molecular complexity index is 3600. The molecule has 10 aromatic carbocycles. The second-order valence-electron chi connectivity index (χ2n) is 15.6. The van der Waals surface area contributed by atoms with E-state index in [0.29, 0.717) is 0 Å². The van der Waals surface area contributed by atoms with Crippen molar-refractivity contribution >= 4 is 75.9 Å². The molecule has 2 nitrogen and oxygen atoms in total. The maximum atomic E-state index is 3.81. The number of aromatic nitrogens is 2. The van der Waals surface area contributed by atoms with Crippen LogP contribution in [0.15, 0.2) is 194 Å². The molecule has 0 aliphatic heterocycles. The lowest BCUT2D eigenvalue weighted by atomic mass is 9.85. The molecule has 1 N–H and O–H groups in total. The molecule has 0 aliphatic rings. The number of para-hydroxylation sites is 4. The maximum Gasteiger partial charge on any atom is 0.0571 e. The van der Waals surface area contributed by atoms with Crippen molar-refractivity contribution in [2.75, 3.05) is 0 Å². The molecule has 272 valence electrons. The fourth-order valence-corrected chi connectivity index (χ4v) is 9.91. The monoisotopic (exact) mass is 738 g/mol. The number of aryl methyl sites for hydroxylation is 1. The molecule has 2 aromatic heterocycles. The second kappa shape index (κ2) is 12.8. The molecular formula is C56H38N2. The average Bonchev–Trinajstić information content (AvgIpc) is 3.84. The third kappa shape index (κ3) is 4.85. The molecule has 0 fully saturated rings. The number of hydrogen-bond acceptors (Lipinski definition) is 0. The summed E-state index contributed by atoms with van der Waals surface area (Å²) in [5.41, 5.74) is 14.8. The van der Waals surface area contributed by atoms with E-state index in [0.717, 1.165) is 12.1 Å². The van der Waals surface area contributed by atoms with Crippen LogP contribution >= 0.6 is 0 Å². The number of nitrogens with one attached hydrogen (secondary N) is 1. The first-order valence-corrected chi connectivity index (χ1v) is 20.3. The van der Waals surface area contributed by atoms with Crippen molar-refractivity contribution in [3.8, 4) is 44.5 Å². The largest absolute Gasteiger partial charge is 0.354 e. The van der Waals surface area contributed by atoms with Crippen LogP contribution in [-0.4, -0.2) is 9.55 Å². The first kappa shape index (κ1) is 32.8. The maximum absolute atomic E-state index is 3.81. The molecule has 0 amide bonds. The number of benzene rings is 10. The van der Waals surface area contributed by atoms with Gasteiger partial charge in [0, 0.05) is 50.2 Å². The van der Waals surface area contributed by atoms with E-state index < -0.39 is 0 Å². The first-order valence-electron chi connectivity index (χ1n) is 20.3. The number of fused-ring (bicyclic) bond motifs is 9. The molecule has 0 radical (unpaired) electrons. The van der Waals surface area contributed by atoms with E-state index in [4.69, 9.17) is 0 Å². The molecule has 12 aromatic rings. The molecular weight excluding hydrogens is 701 g/mol. The van der Waals surface area contributed by atoms with E-state index in [2.05, 4.69) is 211 Å². The summed E-state index contributed by atoms with van der Waals surface area (Å²) in [6, 6.07) is 71.9. The van der Waals surface area contributed by atoms with Gasteiger partial charge in [-0.25, -0.2) is 0 Å². The fourth-order valence-electron chi connectivity index (χ4n) is 9.91. The molecule has 12 rings (SSSR count). The van der Waals surface area contributed by atoms with Crippen LogP contribution in [0.3, 0.4) is 0 Å². The van der Waals surface area contributed by atoms with Crippen molar-refractivity contribution in [1.82, 2.24) is 9.55 Å². The summed E-state index contributed by atoms with van der Waals surface area (Å²) in [7, 11) is 0. The minimum absolute atomic E-state index is 0.890. The van der Waals surface area contributed by atoms with Gasteiger partial charge in [-0.3, -0.25) is 0 Å². The predicted octanol–water partition coefficient (Wildman–Crippen LogP) is 15.6. The van der Waals surface area contributed by atoms with Crippen LogP contribution in [0.5, 0.6) is 0 Å². The second-order valence-corrected chi connectivity index (χ2v) is 15.6. The zero-order chi connectivity index (χ0) is 38.3. The number of hydrogen-bond donors (Lipinski definition) is 1. The highest BCUT2D eigenvalue weighted by Gasteiger charge is 2.20. The van der Waals surface area contributed by atoms with E-state index >= 15 is 0 Å². The highest BCUT2D eigenvalue weighted by molar-refractivity contribution is 6.23. The summed E-state index contributed by atoms with van der Waals surface area (Å²) in [5, 5.41) is 12.5. The molecule has 0 spiro atoms. The molecule has 0 saturated heterocycles. The molecule has 0 saturated carbocycles. The Morgan fingerprint density at radius 1 is 0.379 bits per heavy atom. The van der Waals surface area contributed by atoms with Crippen LogP contribution < -0.4 is 0 Å². The van der Waals surface area contributed by atoms with Gasteiger partial charge in [0.15, 0.2) is 0 Å². The van der Waals surface area contributed by atoms with Crippen molar-refractivity contribution in [2.24, 2.45) is 0 Å². The predicted molar refractivity (Wildman–Crippen MR) is 249 cm³/mol. The summed E-state index contributed by atoms with van der Waals surface area (Å²) in [6.07, 6.45) is 0. The topological polar surface area (TPSA) is 20.7 Å². The third-order valence-corrected chi connectivity index (χ3v) is 12.5. The minimum Gasteiger partial charge on any atom is -0.354 e. The van der Waals surface area contributed by atoms with Crippen molar-refractivity contribution in [1.29, 1.82) is 0 Å². The van der Waals surface area contributed by atoms with Crippen molar-refractivity contribution < 1.29 is 0 Å². The molecule has 0 bridgehead atoms. The molecule has 2 heteroatoms. The summed E-state index contributed by atoms with van der Waals surface area (Å²) in [6.45, 7) is 3.15. The van der Waals surface area contributed by atoms with E-state index in [1.165, 1.54) is 115 Å². The van der Waals surface area contributed by atoms with E-state index in [-0.39, 0.29) is 0 Å². The Hall–Kier alpha value is -7.42. The highest BCUT2D eigenvalue weighted by atomic mass is 15.0. The van der Waals surface area contributed by atoms with Gasteiger partial charge in [-0.05, 0) is 103 Å². The smallest absolute Gasteiger partial charge is 0.0571 e. The van der Waals surface area contributed by atoms with Crippen LogP contribution in [0, 0.1) is 0 Å². The van der Waals surface area contributed by atoms with Crippen molar-refractivity contribution in [3.63, 3.8) is 0 Å². The lowest BCUT2D eigenvalue weighted by Crippen LogP contribution is -1.96. The molecule has 0 aliphatic carbocycles. The fraction of sp³-hybridized carbons (Fsp3) is 0.0357. The van der Waals surface area contributed by atoms with Gasteiger partial charge in [0.05, 0.1) is 11.0 Å². The minimum atomic E-state index is 0.890. The van der Waals surface area contributed by atoms with Crippen molar-refractivity contribution in [2.45, 2.75) is 13.5 Å². The van der Waals surface area contributed by atoms with Crippen LogP contribution in [0.1, 0.15) is 6.92 Å².